The zero-order valence-corrected chi connectivity index (χ0v) is 10.5. The standard InChI is InChI=1S/C13H19ClN2/c1-10-6-7-15-13(8-10)16-9-11-4-2-3-5-12(11)14/h6-8,11-12H,2-5,9H2,1H3,(H,15,16). The first-order valence-corrected chi connectivity index (χ1v) is 6.50. The van der Waals surface area contributed by atoms with Crippen molar-refractivity contribution in [1.82, 2.24) is 4.98 Å². The highest BCUT2D eigenvalue weighted by atomic mass is 35.5. The van der Waals surface area contributed by atoms with Gasteiger partial charge >= 0.3 is 0 Å². The van der Waals surface area contributed by atoms with Crippen LogP contribution in [0.15, 0.2) is 18.3 Å². The first-order chi connectivity index (χ1) is 7.75. The smallest absolute Gasteiger partial charge is 0.126 e. The lowest BCUT2D eigenvalue weighted by molar-refractivity contribution is 0.380. The number of halogens is 1. The van der Waals surface area contributed by atoms with Gasteiger partial charge in [0.05, 0.1) is 0 Å². The molecule has 0 radical (unpaired) electrons. The van der Waals surface area contributed by atoms with E-state index in [9.17, 15) is 0 Å². The van der Waals surface area contributed by atoms with Crippen LogP contribution >= 0.6 is 11.6 Å². The maximum Gasteiger partial charge on any atom is 0.126 e. The van der Waals surface area contributed by atoms with E-state index >= 15 is 0 Å². The predicted octanol–water partition coefficient (Wildman–Crippen LogP) is 3.60. The van der Waals surface area contributed by atoms with Gasteiger partial charge in [0.2, 0.25) is 0 Å². The molecule has 2 unspecified atom stereocenters. The Balaban J connectivity index is 1.86. The van der Waals surface area contributed by atoms with Gasteiger partial charge in [0.25, 0.3) is 0 Å². The second-order valence-corrected chi connectivity index (χ2v) is 5.22. The number of anilines is 1. The van der Waals surface area contributed by atoms with Gasteiger partial charge in [-0.1, -0.05) is 12.8 Å². The normalized spacial score (nSPS) is 25.4. The van der Waals surface area contributed by atoms with E-state index < -0.39 is 0 Å². The van der Waals surface area contributed by atoms with E-state index in [2.05, 4.69) is 23.3 Å². The summed E-state index contributed by atoms with van der Waals surface area (Å²) in [5, 5.41) is 3.73. The van der Waals surface area contributed by atoms with E-state index in [0.717, 1.165) is 18.8 Å². The largest absolute Gasteiger partial charge is 0.370 e. The van der Waals surface area contributed by atoms with Crippen LogP contribution in [-0.2, 0) is 0 Å². The summed E-state index contributed by atoms with van der Waals surface area (Å²) >= 11 is 6.32. The van der Waals surface area contributed by atoms with Crippen molar-refractivity contribution < 1.29 is 0 Å². The third kappa shape index (κ3) is 3.11. The van der Waals surface area contributed by atoms with Gasteiger partial charge in [-0.2, -0.15) is 0 Å². The Labute approximate surface area is 102 Å². The van der Waals surface area contributed by atoms with Crippen molar-refractivity contribution in [2.45, 2.75) is 38.0 Å². The molecule has 88 valence electrons. The number of nitrogens with one attached hydrogen (secondary N) is 1. The fourth-order valence-corrected chi connectivity index (χ4v) is 2.63. The number of hydrogen-bond donors (Lipinski definition) is 1. The molecule has 2 atom stereocenters. The monoisotopic (exact) mass is 238 g/mol. The van der Waals surface area contributed by atoms with E-state index in [1.54, 1.807) is 0 Å². The molecular weight excluding hydrogens is 220 g/mol. The van der Waals surface area contributed by atoms with Gasteiger partial charge in [-0.15, -0.1) is 11.6 Å². The molecule has 1 saturated carbocycles. The number of hydrogen-bond acceptors (Lipinski definition) is 2. The molecule has 1 N–H and O–H groups in total. The SMILES string of the molecule is Cc1ccnc(NCC2CCCCC2Cl)c1. The van der Waals surface area contributed by atoms with Crippen molar-refractivity contribution in [1.29, 1.82) is 0 Å². The highest BCUT2D eigenvalue weighted by molar-refractivity contribution is 6.20. The molecule has 16 heavy (non-hydrogen) atoms. The summed E-state index contributed by atoms with van der Waals surface area (Å²) in [6.45, 7) is 3.03. The lowest BCUT2D eigenvalue weighted by Gasteiger charge is -2.27. The molecule has 1 aliphatic rings. The Morgan fingerprint density at radius 2 is 2.25 bits per heavy atom. The number of rotatable bonds is 3. The fourth-order valence-electron chi connectivity index (χ4n) is 2.26. The van der Waals surface area contributed by atoms with Crippen molar-refractivity contribution in [3.05, 3.63) is 23.9 Å². The Morgan fingerprint density at radius 1 is 1.44 bits per heavy atom. The Hall–Kier alpha value is -0.760. The minimum atomic E-state index is 0.339. The highest BCUT2D eigenvalue weighted by Crippen LogP contribution is 2.28. The molecule has 1 heterocycles. The van der Waals surface area contributed by atoms with Crippen LogP contribution in [0.5, 0.6) is 0 Å². The molecular formula is C13H19ClN2. The van der Waals surface area contributed by atoms with Gasteiger partial charge in [-0.3, -0.25) is 0 Å². The molecule has 1 aliphatic carbocycles. The van der Waals surface area contributed by atoms with Gasteiger partial charge in [0, 0.05) is 18.1 Å². The van der Waals surface area contributed by atoms with Crippen molar-refractivity contribution in [3.8, 4) is 0 Å². The first kappa shape index (κ1) is 11.7. The van der Waals surface area contributed by atoms with E-state index in [1.165, 1.54) is 24.8 Å². The van der Waals surface area contributed by atoms with Gasteiger partial charge in [-0.05, 0) is 43.4 Å². The van der Waals surface area contributed by atoms with E-state index in [0.29, 0.717) is 11.3 Å². The summed E-state index contributed by atoms with van der Waals surface area (Å²) in [7, 11) is 0. The molecule has 1 fully saturated rings. The first-order valence-electron chi connectivity index (χ1n) is 6.06. The van der Waals surface area contributed by atoms with Crippen LogP contribution in [0.1, 0.15) is 31.2 Å². The van der Waals surface area contributed by atoms with Crippen LogP contribution in [-0.4, -0.2) is 16.9 Å². The van der Waals surface area contributed by atoms with Crippen LogP contribution in [0, 0.1) is 12.8 Å². The summed E-state index contributed by atoms with van der Waals surface area (Å²) in [4.78, 5) is 4.29. The molecule has 1 aromatic heterocycles. The summed E-state index contributed by atoms with van der Waals surface area (Å²) < 4.78 is 0. The second kappa shape index (κ2) is 5.53. The zero-order valence-electron chi connectivity index (χ0n) is 9.75. The molecule has 0 saturated heterocycles. The fraction of sp³-hybridized carbons (Fsp3) is 0.615. The van der Waals surface area contributed by atoms with Gasteiger partial charge < -0.3 is 5.32 Å². The quantitative estimate of drug-likeness (QED) is 0.814. The van der Waals surface area contributed by atoms with Crippen LogP contribution in [0.3, 0.4) is 0 Å². The molecule has 0 aliphatic heterocycles. The van der Waals surface area contributed by atoms with Crippen LogP contribution in [0.4, 0.5) is 5.82 Å². The molecule has 1 aromatic rings. The summed E-state index contributed by atoms with van der Waals surface area (Å²) in [6.07, 6.45) is 6.85. The van der Waals surface area contributed by atoms with Crippen molar-refractivity contribution in [2.24, 2.45) is 5.92 Å². The molecule has 0 bridgehead atoms. The second-order valence-electron chi connectivity index (χ2n) is 4.66. The van der Waals surface area contributed by atoms with E-state index in [1.807, 2.05) is 12.3 Å². The minimum Gasteiger partial charge on any atom is -0.370 e. The summed E-state index contributed by atoms with van der Waals surface area (Å²) in [5.74, 6) is 1.56. The maximum atomic E-state index is 6.32. The van der Waals surface area contributed by atoms with Gasteiger partial charge in [-0.25, -0.2) is 4.98 Å². The number of aryl methyl sites for hydroxylation is 1. The van der Waals surface area contributed by atoms with Crippen molar-refractivity contribution in [3.63, 3.8) is 0 Å². The van der Waals surface area contributed by atoms with E-state index in [-0.39, 0.29) is 0 Å². The topological polar surface area (TPSA) is 24.9 Å². The van der Waals surface area contributed by atoms with Gasteiger partial charge in [0.1, 0.15) is 5.82 Å². The Kier molecular flexibility index (Phi) is 4.05. The van der Waals surface area contributed by atoms with Crippen LogP contribution in [0.25, 0.3) is 0 Å². The lowest BCUT2D eigenvalue weighted by atomic mass is 9.89. The molecule has 0 amide bonds. The predicted molar refractivity (Wildman–Crippen MR) is 69.1 cm³/mol. The molecule has 0 spiro atoms. The minimum absolute atomic E-state index is 0.339. The van der Waals surface area contributed by atoms with Gasteiger partial charge in [0.15, 0.2) is 0 Å². The zero-order chi connectivity index (χ0) is 11.4. The third-order valence-corrected chi connectivity index (χ3v) is 3.85. The summed E-state index contributed by atoms with van der Waals surface area (Å²) in [6, 6.07) is 4.09. The Morgan fingerprint density at radius 3 is 3.00 bits per heavy atom. The Bertz CT molecular complexity index is 340. The highest BCUT2D eigenvalue weighted by Gasteiger charge is 2.22. The van der Waals surface area contributed by atoms with Crippen LogP contribution < -0.4 is 5.32 Å². The average molecular weight is 239 g/mol. The van der Waals surface area contributed by atoms with Crippen molar-refractivity contribution in [2.75, 3.05) is 11.9 Å². The average Bonchev–Trinajstić information content (AvgIpc) is 2.28. The maximum absolute atomic E-state index is 6.32. The van der Waals surface area contributed by atoms with Crippen molar-refractivity contribution >= 4 is 17.4 Å². The van der Waals surface area contributed by atoms with E-state index in [4.69, 9.17) is 11.6 Å². The third-order valence-electron chi connectivity index (χ3n) is 3.28. The number of pyridine rings is 1. The molecule has 3 heteroatoms. The van der Waals surface area contributed by atoms with Crippen LogP contribution in [0.2, 0.25) is 0 Å². The molecule has 0 aromatic carbocycles. The summed E-state index contributed by atoms with van der Waals surface area (Å²) in [5.41, 5.74) is 1.24. The lowest BCUT2D eigenvalue weighted by Crippen LogP contribution is -2.26. The number of aromatic nitrogens is 1. The molecule has 2 nitrogen and oxygen atoms in total. The number of alkyl halides is 1. The molecule has 2 rings (SSSR count). The number of nitrogens with zero attached hydrogens (tertiary/aromatic N) is 1.